The average Bonchev–Trinajstić information content (AvgIpc) is 2.96. The molecule has 0 spiro atoms. The first-order chi connectivity index (χ1) is 11.2. The minimum atomic E-state index is -0.910. The predicted octanol–water partition coefficient (Wildman–Crippen LogP) is 1.19. The highest BCUT2D eigenvalue weighted by molar-refractivity contribution is 5.50. The zero-order chi connectivity index (χ0) is 16.2. The normalized spacial score (nSPS) is 20.3. The van der Waals surface area contributed by atoms with Crippen LogP contribution in [0.1, 0.15) is 12.1 Å². The van der Waals surface area contributed by atoms with Gasteiger partial charge in [0.1, 0.15) is 12.2 Å². The van der Waals surface area contributed by atoms with Gasteiger partial charge < -0.3 is 9.80 Å². The predicted molar refractivity (Wildman–Crippen MR) is 82.7 cm³/mol. The van der Waals surface area contributed by atoms with Gasteiger partial charge in [0.05, 0.1) is 12.6 Å². The molecule has 2 aromatic rings. The molecule has 0 saturated carbocycles. The fourth-order valence-electron chi connectivity index (χ4n) is 2.85. The van der Waals surface area contributed by atoms with Crippen LogP contribution in [-0.2, 0) is 0 Å². The zero-order valence-electron chi connectivity index (χ0n) is 12.7. The van der Waals surface area contributed by atoms with Crippen LogP contribution in [0.2, 0.25) is 0 Å². The summed E-state index contributed by atoms with van der Waals surface area (Å²) in [5.41, 5.74) is 0.260. The number of aromatic nitrogens is 4. The Bertz CT molecular complexity index is 702. The van der Waals surface area contributed by atoms with Gasteiger partial charge in [0.15, 0.2) is 17.3 Å². The van der Waals surface area contributed by atoms with Crippen LogP contribution in [-0.4, -0.2) is 52.5 Å². The van der Waals surface area contributed by atoms with E-state index in [0.717, 1.165) is 0 Å². The summed E-state index contributed by atoms with van der Waals surface area (Å²) in [7, 11) is 1.82. The first-order valence-corrected chi connectivity index (χ1v) is 7.29. The molecule has 2 aromatic heterocycles. The lowest BCUT2D eigenvalue weighted by Gasteiger charge is -2.29. The van der Waals surface area contributed by atoms with Gasteiger partial charge in [-0.25, -0.2) is 14.4 Å². The molecule has 23 heavy (non-hydrogen) atoms. The van der Waals surface area contributed by atoms with Gasteiger partial charge >= 0.3 is 0 Å². The summed E-state index contributed by atoms with van der Waals surface area (Å²) in [6, 6.07) is 5.56. The van der Waals surface area contributed by atoms with Gasteiger partial charge in [-0.3, -0.25) is 0 Å². The zero-order valence-corrected chi connectivity index (χ0v) is 12.7. The summed E-state index contributed by atoms with van der Waals surface area (Å²) in [5.74, 6) is 1.15. The molecule has 1 aliphatic rings. The van der Waals surface area contributed by atoms with E-state index in [-0.39, 0.29) is 11.7 Å². The smallest absolute Gasteiger partial charge is 0.183 e. The Morgan fingerprint density at radius 1 is 1.39 bits per heavy atom. The topological polar surface area (TPSA) is 81.8 Å². The van der Waals surface area contributed by atoms with Gasteiger partial charge in [-0.1, -0.05) is 0 Å². The van der Waals surface area contributed by atoms with E-state index in [4.69, 9.17) is 5.26 Å². The number of likely N-dealkylation sites (N-methyl/N-ethyl adjacent to an activating group) is 1. The third-order valence-corrected chi connectivity index (χ3v) is 3.85. The standard InChI is InChI=1S/C15H16FN7/c1-22(15-13(8-17)18-5-6-19-15)10-12-7-11(16)9-23(12)14-3-2-4-20-21-14/h2-6,11-12H,7,9-10H2,1H3/t11-,12-/m0/s1. The number of hydrogen-bond acceptors (Lipinski definition) is 7. The van der Waals surface area contributed by atoms with Crippen molar-refractivity contribution in [1.82, 2.24) is 20.2 Å². The molecule has 7 nitrogen and oxygen atoms in total. The molecule has 0 radical (unpaired) electrons. The molecule has 1 fully saturated rings. The maximum Gasteiger partial charge on any atom is 0.183 e. The van der Waals surface area contributed by atoms with E-state index < -0.39 is 6.17 Å². The SMILES string of the molecule is CN(C[C@@H]1C[C@H](F)CN1c1cccnn1)c1nccnc1C#N. The maximum absolute atomic E-state index is 13.9. The van der Waals surface area contributed by atoms with Crippen LogP contribution in [0.4, 0.5) is 16.0 Å². The second-order valence-electron chi connectivity index (χ2n) is 5.44. The first-order valence-electron chi connectivity index (χ1n) is 7.29. The van der Waals surface area contributed by atoms with Gasteiger partial charge in [-0.2, -0.15) is 10.4 Å². The highest BCUT2D eigenvalue weighted by atomic mass is 19.1. The van der Waals surface area contributed by atoms with Crippen molar-refractivity contribution in [3.8, 4) is 6.07 Å². The van der Waals surface area contributed by atoms with Gasteiger partial charge in [-0.05, 0) is 12.1 Å². The van der Waals surface area contributed by atoms with Crippen molar-refractivity contribution in [2.24, 2.45) is 0 Å². The van der Waals surface area contributed by atoms with Gasteiger partial charge in [0.2, 0.25) is 0 Å². The highest BCUT2D eigenvalue weighted by Crippen LogP contribution is 2.26. The van der Waals surface area contributed by atoms with Crippen molar-refractivity contribution in [3.05, 3.63) is 36.4 Å². The molecule has 3 heterocycles. The van der Waals surface area contributed by atoms with E-state index in [1.165, 1.54) is 6.20 Å². The Morgan fingerprint density at radius 2 is 2.22 bits per heavy atom. The molecular weight excluding hydrogens is 297 g/mol. The minimum Gasteiger partial charge on any atom is -0.355 e. The van der Waals surface area contributed by atoms with Gasteiger partial charge in [0, 0.05) is 38.6 Å². The third-order valence-electron chi connectivity index (χ3n) is 3.85. The fraction of sp³-hybridized carbons (Fsp3) is 0.400. The highest BCUT2D eigenvalue weighted by Gasteiger charge is 2.34. The second kappa shape index (κ2) is 6.52. The van der Waals surface area contributed by atoms with Gasteiger partial charge in [-0.15, -0.1) is 5.10 Å². The Kier molecular flexibility index (Phi) is 4.28. The van der Waals surface area contributed by atoms with E-state index in [1.54, 1.807) is 18.5 Å². The molecule has 0 bridgehead atoms. The molecule has 2 atom stereocenters. The molecule has 1 saturated heterocycles. The lowest BCUT2D eigenvalue weighted by atomic mass is 10.2. The molecular formula is C15H16FN7. The van der Waals surface area contributed by atoms with Crippen LogP contribution < -0.4 is 9.80 Å². The van der Waals surface area contributed by atoms with E-state index in [9.17, 15) is 4.39 Å². The maximum atomic E-state index is 13.9. The Balaban J connectivity index is 1.79. The Labute approximate surface area is 133 Å². The minimum absolute atomic E-state index is 0.0692. The summed E-state index contributed by atoms with van der Waals surface area (Å²) >= 11 is 0. The molecule has 0 N–H and O–H groups in total. The van der Waals surface area contributed by atoms with Crippen molar-refractivity contribution >= 4 is 11.6 Å². The summed E-state index contributed by atoms with van der Waals surface area (Å²) < 4.78 is 13.9. The number of halogens is 1. The fourth-order valence-corrected chi connectivity index (χ4v) is 2.85. The van der Waals surface area contributed by atoms with E-state index >= 15 is 0 Å². The average molecular weight is 313 g/mol. The molecule has 0 amide bonds. The molecule has 8 heteroatoms. The van der Waals surface area contributed by atoms with Crippen LogP contribution in [0.15, 0.2) is 30.7 Å². The van der Waals surface area contributed by atoms with Crippen molar-refractivity contribution in [2.75, 3.05) is 29.9 Å². The van der Waals surface area contributed by atoms with Gasteiger partial charge in [0.25, 0.3) is 0 Å². The number of hydrogen-bond donors (Lipinski definition) is 0. The van der Waals surface area contributed by atoms with E-state index in [0.29, 0.717) is 31.1 Å². The van der Waals surface area contributed by atoms with Crippen LogP contribution in [0, 0.1) is 11.3 Å². The summed E-state index contributed by atoms with van der Waals surface area (Å²) in [6.07, 6.45) is 4.11. The van der Waals surface area contributed by atoms with Crippen molar-refractivity contribution in [2.45, 2.75) is 18.6 Å². The summed E-state index contributed by atoms with van der Waals surface area (Å²) in [5, 5.41) is 17.1. The molecule has 3 rings (SSSR count). The van der Waals surface area contributed by atoms with Crippen LogP contribution in [0.5, 0.6) is 0 Å². The number of alkyl halides is 1. The lowest BCUT2D eigenvalue weighted by Crippen LogP contribution is -2.40. The number of nitriles is 1. The lowest BCUT2D eigenvalue weighted by molar-refractivity contribution is 0.356. The third kappa shape index (κ3) is 3.18. The van der Waals surface area contributed by atoms with E-state index in [2.05, 4.69) is 20.2 Å². The first kappa shape index (κ1) is 15.1. The van der Waals surface area contributed by atoms with Crippen LogP contribution in [0.25, 0.3) is 0 Å². The monoisotopic (exact) mass is 313 g/mol. The molecule has 0 unspecified atom stereocenters. The molecule has 1 aliphatic heterocycles. The van der Waals surface area contributed by atoms with Crippen molar-refractivity contribution < 1.29 is 4.39 Å². The van der Waals surface area contributed by atoms with Crippen LogP contribution in [0.3, 0.4) is 0 Å². The molecule has 0 aliphatic carbocycles. The second-order valence-corrected chi connectivity index (χ2v) is 5.44. The van der Waals surface area contributed by atoms with Crippen molar-refractivity contribution in [1.29, 1.82) is 5.26 Å². The van der Waals surface area contributed by atoms with Crippen LogP contribution >= 0.6 is 0 Å². The molecule has 0 aromatic carbocycles. The Hall–Kier alpha value is -2.82. The van der Waals surface area contributed by atoms with E-state index in [1.807, 2.05) is 29.0 Å². The molecule has 118 valence electrons. The Morgan fingerprint density at radius 3 is 2.96 bits per heavy atom. The summed E-state index contributed by atoms with van der Waals surface area (Å²) in [4.78, 5) is 12.0. The van der Waals surface area contributed by atoms with Crippen molar-refractivity contribution in [3.63, 3.8) is 0 Å². The number of anilines is 2. The quantitative estimate of drug-likeness (QED) is 0.838. The largest absolute Gasteiger partial charge is 0.355 e. The number of rotatable bonds is 4. The number of nitrogens with zero attached hydrogens (tertiary/aromatic N) is 7. The summed E-state index contributed by atoms with van der Waals surface area (Å²) in [6.45, 7) is 0.813.